The molecule has 2 aromatic rings. The van der Waals surface area contributed by atoms with E-state index in [2.05, 4.69) is 21.2 Å². The molecular formula is C27H31BrN2O8. The molecule has 2 N–H and O–H groups in total. The van der Waals surface area contributed by atoms with E-state index >= 15 is 0 Å². The molecule has 1 aliphatic heterocycles. The Morgan fingerprint density at radius 1 is 0.974 bits per heavy atom. The fourth-order valence-corrected chi connectivity index (χ4v) is 4.94. The molecule has 10 nitrogen and oxygen atoms in total. The van der Waals surface area contributed by atoms with Crippen LogP contribution in [0, 0.1) is 0 Å². The highest BCUT2D eigenvalue weighted by Gasteiger charge is 2.64. The monoisotopic (exact) mass is 590 g/mol. The van der Waals surface area contributed by atoms with Crippen molar-refractivity contribution >= 4 is 39.9 Å². The van der Waals surface area contributed by atoms with Crippen LogP contribution in [0.5, 0.6) is 0 Å². The number of hydrogen-bond donors (Lipinski definition) is 2. The topological polar surface area (TPSA) is 131 Å². The number of ether oxygens (including phenoxy) is 3. The lowest BCUT2D eigenvalue weighted by Crippen LogP contribution is -2.57. The molecule has 0 aromatic heterocycles. The molecule has 2 aromatic carbocycles. The lowest BCUT2D eigenvalue weighted by Gasteiger charge is -2.35. The predicted molar refractivity (Wildman–Crippen MR) is 140 cm³/mol. The normalized spacial score (nSPS) is 21.5. The van der Waals surface area contributed by atoms with E-state index in [0.29, 0.717) is 5.56 Å². The molecule has 0 radical (unpaired) electrons. The summed E-state index contributed by atoms with van der Waals surface area (Å²) in [6.45, 7) is 2.58. The number of benzene rings is 2. The van der Waals surface area contributed by atoms with E-state index in [4.69, 9.17) is 14.2 Å². The van der Waals surface area contributed by atoms with Gasteiger partial charge in [-0.25, -0.2) is 4.79 Å². The Bertz CT molecular complexity index is 1130. The van der Waals surface area contributed by atoms with Crippen LogP contribution in [0.1, 0.15) is 31.4 Å². The van der Waals surface area contributed by atoms with Gasteiger partial charge < -0.3 is 24.6 Å². The second-order valence-electron chi connectivity index (χ2n) is 8.80. The first kappa shape index (κ1) is 29.1. The first-order valence-electron chi connectivity index (χ1n) is 12.2. The Labute approximate surface area is 229 Å². The number of amides is 2. The molecule has 2 unspecified atom stereocenters. The van der Waals surface area contributed by atoms with Gasteiger partial charge in [0.2, 0.25) is 0 Å². The van der Waals surface area contributed by atoms with Crippen LogP contribution in [0.15, 0.2) is 60.7 Å². The molecular weight excluding hydrogens is 560 g/mol. The van der Waals surface area contributed by atoms with Crippen molar-refractivity contribution in [2.24, 2.45) is 0 Å². The van der Waals surface area contributed by atoms with Gasteiger partial charge in [-0.1, -0.05) is 76.6 Å². The van der Waals surface area contributed by atoms with Crippen molar-refractivity contribution in [1.82, 2.24) is 10.2 Å². The van der Waals surface area contributed by atoms with Crippen molar-refractivity contribution in [2.75, 3.05) is 19.8 Å². The summed E-state index contributed by atoms with van der Waals surface area (Å²) in [7, 11) is 0. The number of halogens is 1. The molecule has 1 saturated heterocycles. The molecule has 2 amide bonds. The molecule has 3 atom stereocenters. The number of nitrogens with zero attached hydrogens (tertiary/aromatic N) is 1. The van der Waals surface area contributed by atoms with Crippen LogP contribution in [0.2, 0.25) is 0 Å². The first-order valence-corrected chi connectivity index (χ1v) is 13.1. The second kappa shape index (κ2) is 12.9. The summed E-state index contributed by atoms with van der Waals surface area (Å²) in [6, 6.07) is 17.8. The zero-order chi connectivity index (χ0) is 27.8. The minimum absolute atomic E-state index is 0.0298. The van der Waals surface area contributed by atoms with Gasteiger partial charge in [-0.15, -0.1) is 0 Å². The third kappa shape index (κ3) is 6.70. The van der Waals surface area contributed by atoms with Gasteiger partial charge >= 0.3 is 18.0 Å². The molecule has 38 heavy (non-hydrogen) atoms. The maximum Gasteiger partial charge on any atom is 0.408 e. The Hall–Kier alpha value is -3.44. The summed E-state index contributed by atoms with van der Waals surface area (Å²) in [5, 5.41) is 14.4. The zero-order valence-electron chi connectivity index (χ0n) is 21.2. The quantitative estimate of drug-likeness (QED) is 0.232. The van der Waals surface area contributed by atoms with Gasteiger partial charge in [0, 0.05) is 12.8 Å². The van der Waals surface area contributed by atoms with E-state index in [0.717, 1.165) is 10.5 Å². The smallest absolute Gasteiger partial charge is 0.408 e. The number of carbonyl (C=O) groups excluding carboxylic acids is 4. The van der Waals surface area contributed by atoms with Crippen molar-refractivity contribution in [3.05, 3.63) is 71.8 Å². The van der Waals surface area contributed by atoms with Gasteiger partial charge in [-0.2, -0.15) is 0 Å². The second-order valence-corrected chi connectivity index (χ2v) is 9.71. The molecule has 204 valence electrons. The molecule has 0 saturated carbocycles. The van der Waals surface area contributed by atoms with E-state index in [1.165, 1.54) is 0 Å². The third-order valence-electron chi connectivity index (χ3n) is 6.08. The van der Waals surface area contributed by atoms with Crippen molar-refractivity contribution in [2.45, 2.75) is 49.4 Å². The highest BCUT2D eigenvalue weighted by molar-refractivity contribution is 9.10. The van der Waals surface area contributed by atoms with E-state index in [-0.39, 0.29) is 26.2 Å². The molecule has 1 fully saturated rings. The van der Waals surface area contributed by atoms with E-state index < -0.39 is 53.0 Å². The summed E-state index contributed by atoms with van der Waals surface area (Å²) < 4.78 is 15.4. The van der Waals surface area contributed by atoms with Crippen LogP contribution in [0.25, 0.3) is 0 Å². The lowest BCUT2D eigenvalue weighted by molar-refractivity contribution is -0.167. The number of alkyl halides is 1. The fourth-order valence-electron chi connectivity index (χ4n) is 4.40. The number of hydrogen-bond acceptors (Lipinski definition) is 8. The van der Waals surface area contributed by atoms with Gasteiger partial charge in [-0.05, 0) is 25.0 Å². The van der Waals surface area contributed by atoms with Gasteiger partial charge in [0.15, 0.2) is 10.6 Å². The van der Waals surface area contributed by atoms with Gasteiger partial charge in [0.1, 0.15) is 18.7 Å². The third-order valence-corrected chi connectivity index (χ3v) is 7.19. The van der Waals surface area contributed by atoms with Crippen LogP contribution in [0.3, 0.4) is 0 Å². The number of nitrogens with one attached hydrogen (secondary N) is 1. The van der Waals surface area contributed by atoms with Crippen LogP contribution in [-0.2, 0) is 41.6 Å². The average Bonchev–Trinajstić information content (AvgIpc) is 3.10. The fraction of sp³-hybridized carbons (Fsp3) is 0.407. The number of alkyl carbamates (subject to hydrolysis) is 1. The number of rotatable bonds is 11. The standard InChI is InChI=1S/C27H31BrN2O8/c1-3-36-21(31)16-30-24(33)26(15-19-11-7-5-8-12-19,18-27(30,35)22(28)23(32)37-4-2)29-25(34)38-17-20-13-9-6-10-14-20/h5-14,22,35H,3-4,15-18H2,1-2H3,(H,29,34)/t22?,26-,27?/m1/s1. The van der Waals surface area contributed by atoms with Crippen molar-refractivity contribution < 1.29 is 38.5 Å². The highest BCUT2D eigenvalue weighted by atomic mass is 79.9. The number of esters is 2. The summed E-state index contributed by atoms with van der Waals surface area (Å²) in [5.74, 6) is -2.40. The molecule has 11 heteroatoms. The molecule has 1 aliphatic rings. The Morgan fingerprint density at radius 3 is 2.13 bits per heavy atom. The van der Waals surface area contributed by atoms with Crippen LogP contribution >= 0.6 is 15.9 Å². The van der Waals surface area contributed by atoms with Gasteiger partial charge in [0.05, 0.1) is 13.2 Å². The van der Waals surface area contributed by atoms with Gasteiger partial charge in [0.25, 0.3) is 5.91 Å². The number of likely N-dealkylation sites (tertiary alicyclic amines) is 1. The molecule has 0 bridgehead atoms. The lowest BCUT2D eigenvalue weighted by atomic mass is 9.86. The molecule has 1 heterocycles. The van der Waals surface area contributed by atoms with Crippen molar-refractivity contribution in [3.8, 4) is 0 Å². The van der Waals surface area contributed by atoms with E-state index in [1.807, 2.05) is 6.07 Å². The summed E-state index contributed by atoms with van der Waals surface area (Å²) in [6.07, 6.45) is -1.39. The predicted octanol–water partition coefficient (Wildman–Crippen LogP) is 2.70. The minimum atomic E-state index is -2.24. The van der Waals surface area contributed by atoms with Crippen LogP contribution in [0.4, 0.5) is 4.79 Å². The number of aliphatic hydroxyl groups is 1. The van der Waals surface area contributed by atoms with E-state index in [1.54, 1.807) is 68.4 Å². The highest BCUT2D eigenvalue weighted by Crippen LogP contribution is 2.42. The Balaban J connectivity index is 1.98. The largest absolute Gasteiger partial charge is 0.465 e. The van der Waals surface area contributed by atoms with E-state index in [9.17, 15) is 24.3 Å². The SMILES string of the molecule is CCOC(=O)CN1C(=O)[C@](Cc2ccccc2)(NC(=O)OCc2ccccc2)CC1(O)C(Br)C(=O)OCC. The van der Waals surface area contributed by atoms with Crippen LogP contribution in [-0.4, -0.2) is 69.8 Å². The summed E-state index contributed by atoms with van der Waals surface area (Å²) in [4.78, 5) is 51.5. The maximum atomic E-state index is 14.0. The van der Waals surface area contributed by atoms with Gasteiger partial charge in [-0.3, -0.25) is 19.3 Å². The molecule has 3 rings (SSSR count). The Kier molecular flexibility index (Phi) is 9.87. The molecule has 0 aliphatic carbocycles. The van der Waals surface area contributed by atoms with Crippen LogP contribution < -0.4 is 5.32 Å². The Morgan fingerprint density at radius 2 is 1.55 bits per heavy atom. The minimum Gasteiger partial charge on any atom is -0.465 e. The van der Waals surface area contributed by atoms with Crippen molar-refractivity contribution in [3.63, 3.8) is 0 Å². The average molecular weight is 591 g/mol. The van der Waals surface area contributed by atoms with Crippen molar-refractivity contribution in [1.29, 1.82) is 0 Å². The summed E-state index contributed by atoms with van der Waals surface area (Å²) in [5.41, 5.74) is -2.58. The first-order chi connectivity index (χ1) is 18.1. The number of carbonyl (C=O) groups is 4. The maximum absolute atomic E-state index is 14.0. The zero-order valence-corrected chi connectivity index (χ0v) is 22.8. The summed E-state index contributed by atoms with van der Waals surface area (Å²) >= 11 is 3.17. The molecule has 0 spiro atoms.